The maximum absolute atomic E-state index is 13.5. The molecule has 0 aliphatic carbocycles. The standard InChI is InChI=1S/C22H28N4O4S/c1-23(2)19-10-8-18(9-11-19)21-25(22(27)24-14-16-30-17-15-24)12-13-26(21)31(28,29)20-6-4-3-5-7-20/h3-11,21H,12-17H2,1-2H3/t21-/m0/s1. The fraction of sp³-hybridized carbons (Fsp3) is 0.409. The van der Waals surface area contributed by atoms with Gasteiger partial charge >= 0.3 is 6.03 Å². The molecule has 31 heavy (non-hydrogen) atoms. The van der Waals surface area contributed by atoms with E-state index in [0.717, 1.165) is 11.3 Å². The summed E-state index contributed by atoms with van der Waals surface area (Å²) in [5.41, 5.74) is 1.77. The van der Waals surface area contributed by atoms with Crippen LogP contribution in [0.2, 0.25) is 0 Å². The minimum absolute atomic E-state index is 0.157. The molecule has 0 bridgehead atoms. The molecule has 166 valence electrons. The molecule has 2 aliphatic rings. The minimum atomic E-state index is -3.77. The van der Waals surface area contributed by atoms with Crippen LogP contribution in [0.1, 0.15) is 11.7 Å². The van der Waals surface area contributed by atoms with Crippen LogP contribution < -0.4 is 4.90 Å². The second-order valence-corrected chi connectivity index (χ2v) is 9.75. The predicted octanol–water partition coefficient (Wildman–Crippen LogP) is 2.21. The minimum Gasteiger partial charge on any atom is -0.378 e. The lowest BCUT2D eigenvalue weighted by Gasteiger charge is -2.35. The quantitative estimate of drug-likeness (QED) is 0.723. The first-order chi connectivity index (χ1) is 14.9. The van der Waals surface area contributed by atoms with E-state index in [4.69, 9.17) is 4.74 Å². The van der Waals surface area contributed by atoms with Crippen molar-refractivity contribution in [2.24, 2.45) is 0 Å². The van der Waals surface area contributed by atoms with E-state index in [2.05, 4.69) is 0 Å². The average molecular weight is 445 g/mol. The van der Waals surface area contributed by atoms with Crippen LogP contribution in [0, 0.1) is 0 Å². The summed E-state index contributed by atoms with van der Waals surface area (Å²) in [4.78, 5) is 18.9. The van der Waals surface area contributed by atoms with Crippen LogP contribution >= 0.6 is 0 Å². The van der Waals surface area contributed by atoms with Gasteiger partial charge in [0.05, 0.1) is 18.1 Å². The molecule has 2 aromatic rings. The number of anilines is 1. The Labute approximate surface area is 183 Å². The Morgan fingerprint density at radius 1 is 0.935 bits per heavy atom. The first kappa shape index (κ1) is 21.6. The van der Waals surface area contributed by atoms with Gasteiger partial charge in [-0.25, -0.2) is 13.2 Å². The summed E-state index contributed by atoms with van der Waals surface area (Å²) in [6.45, 7) is 2.58. The number of carbonyl (C=O) groups excluding carboxylic acids is 1. The second kappa shape index (κ2) is 8.86. The molecule has 0 aromatic heterocycles. The highest BCUT2D eigenvalue weighted by Gasteiger charge is 2.44. The number of morpholine rings is 1. The maximum atomic E-state index is 13.5. The molecule has 0 N–H and O–H groups in total. The van der Waals surface area contributed by atoms with Crippen molar-refractivity contribution >= 4 is 21.7 Å². The number of ether oxygens (including phenoxy) is 1. The summed E-state index contributed by atoms with van der Waals surface area (Å²) in [5, 5.41) is 0. The van der Waals surface area contributed by atoms with Crippen molar-refractivity contribution in [3.63, 3.8) is 0 Å². The third-order valence-corrected chi connectivity index (χ3v) is 7.58. The maximum Gasteiger partial charge on any atom is 0.321 e. The molecule has 2 heterocycles. The fourth-order valence-corrected chi connectivity index (χ4v) is 5.61. The number of hydrogen-bond donors (Lipinski definition) is 0. The van der Waals surface area contributed by atoms with Crippen molar-refractivity contribution < 1.29 is 17.9 Å². The number of amides is 2. The van der Waals surface area contributed by atoms with E-state index < -0.39 is 16.2 Å². The van der Waals surface area contributed by atoms with Gasteiger partial charge in [-0.2, -0.15) is 4.31 Å². The molecule has 0 spiro atoms. The van der Waals surface area contributed by atoms with Gasteiger partial charge in [0.1, 0.15) is 6.17 Å². The number of sulfonamides is 1. The number of carbonyl (C=O) groups is 1. The molecular weight excluding hydrogens is 416 g/mol. The van der Waals surface area contributed by atoms with Crippen molar-refractivity contribution in [3.8, 4) is 0 Å². The third-order valence-electron chi connectivity index (χ3n) is 5.71. The average Bonchev–Trinajstić information content (AvgIpc) is 3.26. The number of benzene rings is 2. The first-order valence-electron chi connectivity index (χ1n) is 10.4. The molecular formula is C22H28N4O4S. The van der Waals surface area contributed by atoms with Crippen molar-refractivity contribution in [1.82, 2.24) is 14.1 Å². The molecule has 2 aliphatic heterocycles. The van der Waals surface area contributed by atoms with Gasteiger partial charge in [0.15, 0.2) is 0 Å². The lowest BCUT2D eigenvalue weighted by Crippen LogP contribution is -2.49. The highest BCUT2D eigenvalue weighted by atomic mass is 32.2. The van der Waals surface area contributed by atoms with Gasteiger partial charge in [-0.3, -0.25) is 0 Å². The van der Waals surface area contributed by atoms with E-state index >= 15 is 0 Å². The van der Waals surface area contributed by atoms with E-state index in [1.807, 2.05) is 43.3 Å². The van der Waals surface area contributed by atoms with Crippen molar-refractivity contribution in [1.29, 1.82) is 0 Å². The Bertz CT molecular complexity index is 1010. The molecule has 2 aromatic carbocycles. The van der Waals surface area contributed by atoms with Crippen LogP contribution in [-0.4, -0.2) is 82.0 Å². The predicted molar refractivity (Wildman–Crippen MR) is 118 cm³/mol. The highest BCUT2D eigenvalue weighted by molar-refractivity contribution is 7.89. The first-order valence-corrected chi connectivity index (χ1v) is 11.8. The number of rotatable bonds is 4. The van der Waals surface area contributed by atoms with E-state index in [-0.39, 0.29) is 17.5 Å². The van der Waals surface area contributed by atoms with Gasteiger partial charge in [-0.1, -0.05) is 30.3 Å². The molecule has 0 unspecified atom stereocenters. The third kappa shape index (κ3) is 4.26. The lowest BCUT2D eigenvalue weighted by atomic mass is 10.1. The lowest BCUT2D eigenvalue weighted by molar-refractivity contribution is 0.0400. The summed E-state index contributed by atoms with van der Waals surface area (Å²) in [7, 11) is 0.125. The van der Waals surface area contributed by atoms with Crippen LogP contribution in [0.25, 0.3) is 0 Å². The normalized spacial score (nSPS) is 20.1. The Balaban J connectivity index is 1.71. The van der Waals surface area contributed by atoms with E-state index in [1.54, 1.807) is 40.1 Å². The molecule has 0 saturated carbocycles. The summed E-state index contributed by atoms with van der Waals surface area (Å²) in [5.74, 6) is 0. The monoisotopic (exact) mass is 444 g/mol. The zero-order valence-electron chi connectivity index (χ0n) is 17.8. The molecule has 2 amide bonds. The topological polar surface area (TPSA) is 73.4 Å². The molecule has 1 atom stereocenters. The van der Waals surface area contributed by atoms with Crippen molar-refractivity contribution in [2.45, 2.75) is 11.1 Å². The smallest absolute Gasteiger partial charge is 0.321 e. The Morgan fingerprint density at radius 2 is 1.58 bits per heavy atom. The van der Waals surface area contributed by atoms with Gasteiger partial charge in [0.2, 0.25) is 10.0 Å². The molecule has 2 fully saturated rings. The Kier molecular flexibility index (Phi) is 6.17. The van der Waals surface area contributed by atoms with Crippen LogP contribution in [0.4, 0.5) is 10.5 Å². The molecule has 9 heteroatoms. The molecule has 0 radical (unpaired) electrons. The van der Waals surface area contributed by atoms with Gasteiger partial charge in [-0.15, -0.1) is 0 Å². The van der Waals surface area contributed by atoms with Crippen LogP contribution in [-0.2, 0) is 14.8 Å². The Morgan fingerprint density at radius 3 is 2.19 bits per heavy atom. The van der Waals surface area contributed by atoms with Crippen LogP contribution in [0.5, 0.6) is 0 Å². The summed E-state index contributed by atoms with van der Waals surface area (Å²) in [6, 6.07) is 15.9. The van der Waals surface area contributed by atoms with E-state index in [1.165, 1.54) is 4.31 Å². The molecule has 4 rings (SSSR count). The largest absolute Gasteiger partial charge is 0.378 e. The zero-order chi connectivity index (χ0) is 22.0. The SMILES string of the molecule is CN(C)c1ccc([C@H]2N(C(=O)N3CCOCC3)CCN2S(=O)(=O)c2ccccc2)cc1. The molecule has 2 saturated heterocycles. The molecule has 8 nitrogen and oxygen atoms in total. The summed E-state index contributed by atoms with van der Waals surface area (Å²) >= 11 is 0. The summed E-state index contributed by atoms with van der Waals surface area (Å²) in [6.07, 6.45) is -0.697. The van der Waals surface area contributed by atoms with Crippen LogP contribution in [0.15, 0.2) is 59.5 Å². The summed E-state index contributed by atoms with van der Waals surface area (Å²) < 4.78 is 33.8. The number of nitrogens with zero attached hydrogens (tertiary/aromatic N) is 4. The van der Waals surface area contributed by atoms with Gasteiger partial charge < -0.3 is 19.4 Å². The van der Waals surface area contributed by atoms with Crippen molar-refractivity contribution in [3.05, 3.63) is 60.2 Å². The van der Waals surface area contributed by atoms with Gasteiger partial charge in [0, 0.05) is 46.0 Å². The van der Waals surface area contributed by atoms with Gasteiger partial charge in [0.25, 0.3) is 0 Å². The number of urea groups is 1. The van der Waals surface area contributed by atoms with Gasteiger partial charge in [-0.05, 0) is 29.8 Å². The second-order valence-electron chi connectivity index (χ2n) is 7.86. The van der Waals surface area contributed by atoms with E-state index in [9.17, 15) is 13.2 Å². The number of hydrogen-bond acceptors (Lipinski definition) is 5. The Hall–Kier alpha value is -2.62. The fourth-order valence-electron chi connectivity index (χ4n) is 4.01. The highest BCUT2D eigenvalue weighted by Crippen LogP contribution is 2.36. The zero-order valence-corrected chi connectivity index (χ0v) is 18.7. The van der Waals surface area contributed by atoms with Crippen LogP contribution in [0.3, 0.4) is 0 Å². The van der Waals surface area contributed by atoms with Crippen molar-refractivity contribution in [2.75, 3.05) is 58.4 Å². The van der Waals surface area contributed by atoms with E-state index in [0.29, 0.717) is 32.8 Å².